The second kappa shape index (κ2) is 12.6. The Balaban J connectivity index is 1.15. The van der Waals surface area contributed by atoms with Crippen molar-refractivity contribution in [2.45, 2.75) is 63.1 Å². The lowest BCUT2D eigenvalue weighted by atomic mass is 9.83. The van der Waals surface area contributed by atoms with Gasteiger partial charge in [0.2, 0.25) is 0 Å². The van der Waals surface area contributed by atoms with E-state index in [2.05, 4.69) is 21.3 Å². The molecule has 1 aliphatic carbocycles. The van der Waals surface area contributed by atoms with Gasteiger partial charge < -0.3 is 10.2 Å². The molecule has 0 unspecified atom stereocenters. The molecular formula is C34H37F2N5O2. The third-order valence-electron chi connectivity index (χ3n) is 9.19. The molecule has 3 aromatic rings. The highest BCUT2D eigenvalue weighted by atomic mass is 19.2. The number of carbonyl (C=O) groups is 2. The minimum absolute atomic E-state index is 0.123. The molecule has 2 atom stereocenters. The fourth-order valence-corrected chi connectivity index (χ4v) is 6.75. The smallest absolute Gasteiger partial charge is 0.333 e. The molecule has 43 heavy (non-hydrogen) atoms. The Labute approximate surface area is 251 Å². The van der Waals surface area contributed by atoms with E-state index in [-0.39, 0.29) is 29.9 Å². The molecule has 2 aliphatic heterocycles. The second-order valence-corrected chi connectivity index (χ2v) is 11.8. The Morgan fingerprint density at radius 2 is 1.72 bits per heavy atom. The summed E-state index contributed by atoms with van der Waals surface area (Å²) in [5.41, 5.74) is 2.62. The molecule has 224 valence electrons. The average molecular weight is 586 g/mol. The summed E-state index contributed by atoms with van der Waals surface area (Å²) >= 11 is 0. The maximum Gasteiger partial charge on any atom is 0.333 e. The van der Waals surface area contributed by atoms with Gasteiger partial charge in [0.1, 0.15) is 0 Å². The molecule has 0 spiro atoms. The molecule has 6 rings (SSSR count). The molecule has 2 aromatic carbocycles. The van der Waals surface area contributed by atoms with Crippen molar-refractivity contribution in [1.29, 1.82) is 0 Å². The van der Waals surface area contributed by atoms with Crippen molar-refractivity contribution < 1.29 is 18.4 Å². The van der Waals surface area contributed by atoms with Crippen molar-refractivity contribution in [2.75, 3.05) is 19.6 Å². The Hall–Kier alpha value is -4.11. The standard InChI is InChI=1S/C34H37F2N5O2/c1-23(24-7-3-2-4-8-24)40-20-17-32(26-12-15-29(35)30(36)21-26)41(34(40)43)33(42)38-27-16-19-39(22-27)28-13-10-25(11-14-28)31-9-5-6-18-37-31/h2-9,12,15,17-18,21,23,25,27-28H,10-11,13-14,16,19-20,22H2,1H3,(H,38,42)/t23-,25?,27-,28?/m1/s1. The Bertz CT molecular complexity index is 1480. The van der Waals surface area contributed by atoms with Crippen LogP contribution >= 0.6 is 0 Å². The molecule has 2 fully saturated rings. The molecule has 1 N–H and O–H groups in total. The van der Waals surface area contributed by atoms with Crippen LogP contribution in [0.25, 0.3) is 5.70 Å². The van der Waals surface area contributed by atoms with E-state index in [9.17, 15) is 18.4 Å². The number of hydrogen-bond donors (Lipinski definition) is 1. The van der Waals surface area contributed by atoms with E-state index < -0.39 is 23.7 Å². The summed E-state index contributed by atoms with van der Waals surface area (Å²) in [7, 11) is 0. The van der Waals surface area contributed by atoms with E-state index in [4.69, 9.17) is 0 Å². The fraction of sp³-hybridized carbons (Fsp3) is 0.382. The maximum absolute atomic E-state index is 14.2. The normalized spacial score (nSPS) is 23.7. The number of amides is 4. The number of hydrogen-bond acceptors (Lipinski definition) is 4. The van der Waals surface area contributed by atoms with E-state index in [1.165, 1.54) is 11.8 Å². The van der Waals surface area contributed by atoms with Gasteiger partial charge in [-0.15, -0.1) is 0 Å². The number of halogens is 2. The van der Waals surface area contributed by atoms with Gasteiger partial charge in [0.25, 0.3) is 0 Å². The molecule has 4 amide bonds. The second-order valence-electron chi connectivity index (χ2n) is 11.8. The molecule has 1 aromatic heterocycles. The number of aromatic nitrogens is 1. The summed E-state index contributed by atoms with van der Waals surface area (Å²) < 4.78 is 28.0. The minimum atomic E-state index is -1.03. The molecule has 1 saturated carbocycles. The summed E-state index contributed by atoms with van der Waals surface area (Å²) in [6, 6.07) is 18.1. The largest absolute Gasteiger partial charge is 0.333 e. The van der Waals surface area contributed by atoms with Crippen molar-refractivity contribution in [1.82, 2.24) is 25.0 Å². The number of nitrogens with zero attached hydrogens (tertiary/aromatic N) is 4. The molecule has 7 nitrogen and oxygen atoms in total. The van der Waals surface area contributed by atoms with Gasteiger partial charge in [-0.2, -0.15) is 0 Å². The van der Waals surface area contributed by atoms with Gasteiger partial charge in [0, 0.05) is 55.1 Å². The number of likely N-dealkylation sites (tertiary alicyclic amines) is 1. The number of nitrogens with one attached hydrogen (secondary N) is 1. The average Bonchev–Trinajstić information content (AvgIpc) is 3.51. The maximum atomic E-state index is 14.2. The first kappa shape index (κ1) is 29.0. The number of pyridine rings is 1. The van der Waals surface area contributed by atoms with Crippen LogP contribution in [0.1, 0.15) is 67.8 Å². The van der Waals surface area contributed by atoms with Crippen molar-refractivity contribution in [3.05, 3.63) is 107 Å². The van der Waals surface area contributed by atoms with Crippen LogP contribution < -0.4 is 5.32 Å². The third kappa shape index (κ3) is 6.18. The molecule has 0 bridgehead atoms. The van der Waals surface area contributed by atoms with E-state index in [0.717, 1.165) is 61.2 Å². The van der Waals surface area contributed by atoms with Gasteiger partial charge >= 0.3 is 12.1 Å². The number of imide groups is 1. The van der Waals surface area contributed by atoms with Crippen LogP contribution in [-0.4, -0.2) is 63.5 Å². The van der Waals surface area contributed by atoms with Crippen molar-refractivity contribution in [2.24, 2.45) is 0 Å². The number of urea groups is 2. The van der Waals surface area contributed by atoms with Crippen molar-refractivity contribution >= 4 is 17.8 Å². The SMILES string of the molecule is C[C@H](c1ccccc1)N1CC=C(c2ccc(F)c(F)c2)N(C(=O)N[C@@H]2CCN(C3CCC(c4ccccn4)CC3)C2)C1=O. The molecule has 9 heteroatoms. The van der Waals surface area contributed by atoms with E-state index >= 15 is 0 Å². The van der Waals surface area contributed by atoms with E-state index in [1.807, 2.05) is 55.6 Å². The van der Waals surface area contributed by atoms with Gasteiger partial charge in [0.05, 0.1) is 11.7 Å². The van der Waals surface area contributed by atoms with Crippen LogP contribution in [0.2, 0.25) is 0 Å². The summed E-state index contributed by atoms with van der Waals surface area (Å²) in [6.07, 6.45) is 8.72. The molecule has 3 heterocycles. The van der Waals surface area contributed by atoms with Gasteiger partial charge in [-0.05, 0) is 81.0 Å². The highest BCUT2D eigenvalue weighted by Crippen LogP contribution is 2.35. The van der Waals surface area contributed by atoms with Gasteiger partial charge in [-0.3, -0.25) is 9.88 Å². The van der Waals surface area contributed by atoms with Crippen LogP contribution in [0.3, 0.4) is 0 Å². The predicted octanol–water partition coefficient (Wildman–Crippen LogP) is 6.71. The molecule has 1 saturated heterocycles. The summed E-state index contributed by atoms with van der Waals surface area (Å²) in [5.74, 6) is -1.53. The van der Waals surface area contributed by atoms with E-state index in [1.54, 1.807) is 11.0 Å². The predicted molar refractivity (Wildman–Crippen MR) is 161 cm³/mol. The fourth-order valence-electron chi connectivity index (χ4n) is 6.75. The van der Waals surface area contributed by atoms with Crippen LogP contribution in [0, 0.1) is 11.6 Å². The first-order chi connectivity index (χ1) is 20.9. The summed E-state index contributed by atoms with van der Waals surface area (Å²) in [4.78, 5) is 37.4. The first-order valence-corrected chi connectivity index (χ1v) is 15.2. The number of benzene rings is 2. The van der Waals surface area contributed by atoms with Gasteiger partial charge in [-0.1, -0.05) is 36.4 Å². The Morgan fingerprint density at radius 1 is 0.953 bits per heavy atom. The van der Waals surface area contributed by atoms with E-state index in [0.29, 0.717) is 18.5 Å². The van der Waals surface area contributed by atoms with Crippen LogP contribution in [0.4, 0.5) is 18.4 Å². The number of rotatable bonds is 6. The van der Waals surface area contributed by atoms with Crippen LogP contribution in [0.5, 0.6) is 0 Å². The highest BCUT2D eigenvalue weighted by molar-refractivity contribution is 6.04. The van der Waals surface area contributed by atoms with Gasteiger partial charge in [-0.25, -0.2) is 23.3 Å². The van der Waals surface area contributed by atoms with Crippen LogP contribution in [0.15, 0.2) is 79.0 Å². The lowest BCUT2D eigenvalue weighted by Crippen LogP contribution is -2.54. The Kier molecular flexibility index (Phi) is 8.51. The number of carbonyl (C=O) groups excluding carboxylic acids is 2. The molecule has 0 radical (unpaired) electrons. The summed E-state index contributed by atoms with van der Waals surface area (Å²) in [5, 5.41) is 3.09. The monoisotopic (exact) mass is 585 g/mol. The minimum Gasteiger partial charge on any atom is -0.333 e. The zero-order chi connectivity index (χ0) is 29.9. The lowest BCUT2D eigenvalue weighted by Gasteiger charge is -2.38. The van der Waals surface area contributed by atoms with Crippen molar-refractivity contribution in [3.63, 3.8) is 0 Å². The Morgan fingerprint density at radius 3 is 2.44 bits per heavy atom. The third-order valence-corrected chi connectivity index (χ3v) is 9.19. The first-order valence-electron chi connectivity index (χ1n) is 15.2. The van der Waals surface area contributed by atoms with Crippen molar-refractivity contribution in [3.8, 4) is 0 Å². The zero-order valence-electron chi connectivity index (χ0n) is 24.3. The molecule has 3 aliphatic rings. The quantitative estimate of drug-likeness (QED) is 0.349. The van der Waals surface area contributed by atoms with Crippen LogP contribution in [-0.2, 0) is 0 Å². The topological polar surface area (TPSA) is 68.8 Å². The van der Waals surface area contributed by atoms with Gasteiger partial charge in [0.15, 0.2) is 11.6 Å². The summed E-state index contributed by atoms with van der Waals surface area (Å²) in [6.45, 7) is 3.73. The lowest BCUT2D eigenvalue weighted by molar-refractivity contribution is 0.154. The molecular weight excluding hydrogens is 548 g/mol. The zero-order valence-corrected chi connectivity index (χ0v) is 24.3. The highest BCUT2D eigenvalue weighted by Gasteiger charge is 2.39.